The Bertz CT molecular complexity index is 2200. The Morgan fingerprint density at radius 1 is 0.797 bits per heavy atom. The average Bonchev–Trinajstić information content (AvgIpc) is 3.27. The highest BCUT2D eigenvalue weighted by atomic mass is 16.6. The topological polar surface area (TPSA) is 253 Å². The second-order valence-electron chi connectivity index (χ2n) is 16.9. The fourth-order valence-electron chi connectivity index (χ4n) is 9.04. The van der Waals surface area contributed by atoms with Gasteiger partial charge in [0.25, 0.3) is 5.91 Å². The molecule has 0 bridgehead atoms. The molecular formula is C48H57NO15. The maximum atomic E-state index is 14.4. The maximum absolute atomic E-state index is 14.4. The van der Waals surface area contributed by atoms with E-state index in [-0.39, 0.29) is 35.1 Å². The molecule has 16 heteroatoms. The molecule has 2 unspecified atom stereocenters. The van der Waals surface area contributed by atoms with E-state index in [0.29, 0.717) is 5.56 Å². The number of nitrogens with one attached hydrogen (secondary N) is 1. The first kappa shape index (κ1) is 49.2. The molecule has 3 aromatic rings. The quantitative estimate of drug-likeness (QED) is 0.0685. The Morgan fingerprint density at radius 2 is 1.36 bits per heavy atom. The van der Waals surface area contributed by atoms with Gasteiger partial charge in [0.1, 0.15) is 29.5 Å². The van der Waals surface area contributed by atoms with Crippen LogP contribution in [0.4, 0.5) is 0 Å². The van der Waals surface area contributed by atoms with Crippen molar-refractivity contribution >= 4 is 35.6 Å². The molecule has 6 N–H and O–H groups in total. The van der Waals surface area contributed by atoms with Gasteiger partial charge in [0.15, 0.2) is 18.0 Å². The van der Waals surface area contributed by atoms with Crippen LogP contribution >= 0.6 is 0 Å². The Hall–Kier alpha value is -5.78. The number of carbonyl (C=O) groups is 6. The molecule has 10 atom stereocenters. The van der Waals surface area contributed by atoms with Crippen molar-refractivity contribution in [1.82, 2.24) is 5.32 Å². The molecule has 2 aliphatic carbocycles. The minimum absolute atomic E-state index is 0.00773. The van der Waals surface area contributed by atoms with E-state index in [1.54, 1.807) is 66.7 Å². The number of ketones is 1. The lowest BCUT2D eigenvalue weighted by atomic mass is 9.54. The van der Waals surface area contributed by atoms with Crippen molar-refractivity contribution in [2.75, 3.05) is 6.61 Å². The Balaban J connectivity index is 1.70. The van der Waals surface area contributed by atoms with Crippen LogP contribution < -0.4 is 5.32 Å². The van der Waals surface area contributed by atoms with Gasteiger partial charge >= 0.3 is 23.9 Å². The Morgan fingerprint density at radius 3 is 1.89 bits per heavy atom. The number of aliphatic hydroxyl groups is 5. The third-order valence-electron chi connectivity index (χ3n) is 12.5. The van der Waals surface area contributed by atoms with E-state index in [1.165, 1.54) is 52.0 Å². The summed E-state index contributed by atoms with van der Waals surface area (Å²) in [6, 6.07) is 22.4. The summed E-state index contributed by atoms with van der Waals surface area (Å²) in [6.45, 7) is 6.93. The van der Waals surface area contributed by atoms with E-state index in [2.05, 4.69) is 5.32 Å². The number of esters is 4. The van der Waals surface area contributed by atoms with Crippen LogP contribution in [0.1, 0.15) is 99.5 Å². The summed E-state index contributed by atoms with van der Waals surface area (Å²) < 4.78 is 23.3. The number of ether oxygens (including phenoxy) is 4. The summed E-state index contributed by atoms with van der Waals surface area (Å²) in [7, 11) is 0. The molecule has 64 heavy (non-hydrogen) atoms. The second kappa shape index (κ2) is 20.4. The first-order valence-corrected chi connectivity index (χ1v) is 21.1. The van der Waals surface area contributed by atoms with Crippen LogP contribution in [0.3, 0.4) is 0 Å². The Labute approximate surface area is 371 Å². The van der Waals surface area contributed by atoms with Gasteiger partial charge in [0, 0.05) is 50.0 Å². The summed E-state index contributed by atoms with van der Waals surface area (Å²) in [5.41, 5.74) is -6.35. The number of Topliss-reactive ketones (excluding diaryl/α,β-unsaturated/α-hetero) is 1. The Kier molecular flexibility index (Phi) is 15.7. The van der Waals surface area contributed by atoms with Crippen molar-refractivity contribution in [2.24, 2.45) is 11.3 Å². The van der Waals surface area contributed by atoms with Crippen LogP contribution in [0, 0.1) is 11.3 Å². The lowest BCUT2D eigenvalue weighted by Gasteiger charge is -2.58. The van der Waals surface area contributed by atoms with Gasteiger partial charge in [-0.3, -0.25) is 19.2 Å². The monoisotopic (exact) mass is 887 g/mol. The molecule has 16 nitrogen and oxygen atoms in total. The predicted molar refractivity (Wildman–Crippen MR) is 228 cm³/mol. The number of aliphatic hydroxyl groups excluding tert-OH is 3. The minimum atomic E-state index is -2.60. The van der Waals surface area contributed by atoms with Crippen LogP contribution in [-0.2, 0) is 38.1 Å². The molecule has 1 saturated carbocycles. The molecule has 0 heterocycles. The van der Waals surface area contributed by atoms with E-state index in [1.807, 2.05) is 0 Å². The van der Waals surface area contributed by atoms with Crippen molar-refractivity contribution in [2.45, 2.75) is 121 Å². The normalized spacial score (nSPS) is 26.0. The highest BCUT2D eigenvalue weighted by molar-refractivity contribution is 5.95. The molecule has 0 aromatic heterocycles. The first-order chi connectivity index (χ1) is 30.2. The lowest BCUT2D eigenvalue weighted by Crippen LogP contribution is -2.70. The van der Waals surface area contributed by atoms with E-state index >= 15 is 0 Å². The zero-order valence-corrected chi connectivity index (χ0v) is 36.6. The summed E-state index contributed by atoms with van der Waals surface area (Å²) in [4.78, 5) is 80.8. The molecule has 0 spiro atoms. The van der Waals surface area contributed by atoms with Crippen molar-refractivity contribution in [3.05, 3.63) is 119 Å². The molecule has 2 aliphatic rings. The van der Waals surface area contributed by atoms with Gasteiger partial charge in [-0.15, -0.1) is 0 Å². The SMILES string of the molecule is CCC(=O)[C@H](OC(C)=O)C1=C(C)[C@@H](OC(=O)[C@H](O)C(NC(=O)c2ccccc2)c2ccccc2)C[C@@](O)([C@@H](OC(=O)c2ccccc2)C2C[C@@H](O)C[C@H](OC(C)=O)[C@@]2(O)CO)C1(C)C. The van der Waals surface area contributed by atoms with Gasteiger partial charge in [-0.1, -0.05) is 87.5 Å². The van der Waals surface area contributed by atoms with Gasteiger partial charge in [-0.25, -0.2) is 9.59 Å². The van der Waals surface area contributed by atoms with Gasteiger partial charge in [-0.05, 0) is 54.3 Å². The molecule has 0 radical (unpaired) electrons. The number of rotatable bonds is 16. The van der Waals surface area contributed by atoms with E-state index < -0.39 is 120 Å². The summed E-state index contributed by atoms with van der Waals surface area (Å²) in [5, 5.41) is 62.7. The first-order valence-electron chi connectivity index (χ1n) is 21.1. The number of benzene rings is 3. The van der Waals surface area contributed by atoms with Crippen LogP contribution in [-0.4, -0.2) is 116 Å². The predicted octanol–water partition coefficient (Wildman–Crippen LogP) is 3.47. The number of carbonyl (C=O) groups excluding carboxylic acids is 6. The van der Waals surface area contributed by atoms with E-state index in [9.17, 15) is 54.3 Å². The molecule has 3 aromatic carbocycles. The van der Waals surface area contributed by atoms with Crippen molar-refractivity contribution in [1.29, 1.82) is 0 Å². The molecule has 344 valence electrons. The third-order valence-corrected chi connectivity index (χ3v) is 12.5. The largest absolute Gasteiger partial charge is 0.459 e. The highest BCUT2D eigenvalue weighted by Gasteiger charge is 2.66. The van der Waals surface area contributed by atoms with Crippen LogP contribution in [0.5, 0.6) is 0 Å². The van der Waals surface area contributed by atoms with E-state index in [0.717, 1.165) is 13.8 Å². The van der Waals surface area contributed by atoms with E-state index in [4.69, 9.17) is 18.9 Å². The summed E-state index contributed by atoms with van der Waals surface area (Å²) >= 11 is 0. The van der Waals surface area contributed by atoms with Crippen molar-refractivity contribution in [3.63, 3.8) is 0 Å². The maximum Gasteiger partial charge on any atom is 0.338 e. The lowest BCUT2D eigenvalue weighted by molar-refractivity contribution is -0.253. The summed E-state index contributed by atoms with van der Waals surface area (Å²) in [6.07, 6.45) is -12.0. The highest BCUT2D eigenvalue weighted by Crippen LogP contribution is 2.56. The molecule has 0 aliphatic heterocycles. The number of hydrogen-bond acceptors (Lipinski definition) is 15. The molecule has 1 amide bonds. The fourth-order valence-corrected chi connectivity index (χ4v) is 9.04. The standard InChI is InChI=1S/C48H57NO15/c1-7-35(54)41(62-29(4)52)38-27(2)36(63-45(58)40(55)39(30-17-11-8-12-18-30)49-43(56)31-19-13-9-14-20-31)25-48(60,46(38,5)6)42(64-44(57)32-21-15-10-16-22-32)34-23-33(53)24-37(61-28(3)51)47(34,59)26-50/h8-22,33-34,36-37,39-42,50,53,55,59-60H,7,23-26H2,1-6H3,(H,49,56)/t33-,34?,36+,37+,39?,40-,41+,42+,47-,48-/m1/s1. The third kappa shape index (κ3) is 10.3. The molecule has 1 fully saturated rings. The number of amides is 1. The average molecular weight is 888 g/mol. The van der Waals surface area contributed by atoms with Crippen LogP contribution in [0.15, 0.2) is 102 Å². The van der Waals surface area contributed by atoms with Crippen molar-refractivity contribution < 1.29 is 73.2 Å². The van der Waals surface area contributed by atoms with Gasteiger partial charge < -0.3 is 49.8 Å². The van der Waals surface area contributed by atoms with Crippen LogP contribution in [0.25, 0.3) is 0 Å². The van der Waals surface area contributed by atoms with Gasteiger partial charge in [-0.2, -0.15) is 0 Å². The zero-order chi connectivity index (χ0) is 47.1. The molecule has 5 rings (SSSR count). The number of hydrogen-bond donors (Lipinski definition) is 6. The second-order valence-corrected chi connectivity index (χ2v) is 16.9. The smallest absolute Gasteiger partial charge is 0.338 e. The van der Waals surface area contributed by atoms with Crippen LogP contribution in [0.2, 0.25) is 0 Å². The molecular weight excluding hydrogens is 831 g/mol. The summed E-state index contributed by atoms with van der Waals surface area (Å²) in [5.74, 6) is -6.99. The van der Waals surface area contributed by atoms with Crippen molar-refractivity contribution in [3.8, 4) is 0 Å². The fraction of sp³-hybridized carbons (Fsp3) is 0.458. The zero-order valence-electron chi connectivity index (χ0n) is 36.6. The molecule has 0 saturated heterocycles. The van der Waals surface area contributed by atoms with Gasteiger partial charge in [0.2, 0.25) is 0 Å². The minimum Gasteiger partial charge on any atom is -0.459 e. The van der Waals surface area contributed by atoms with Gasteiger partial charge in [0.05, 0.1) is 24.3 Å².